The van der Waals surface area contributed by atoms with Crippen molar-refractivity contribution in [3.05, 3.63) is 35.0 Å². The first-order valence-electron chi connectivity index (χ1n) is 7.16. The summed E-state index contributed by atoms with van der Waals surface area (Å²) in [5, 5.41) is 4.72. The fourth-order valence-corrected chi connectivity index (χ4v) is 2.59. The third kappa shape index (κ3) is 3.06. The van der Waals surface area contributed by atoms with Crippen molar-refractivity contribution in [1.82, 2.24) is 4.98 Å². The van der Waals surface area contributed by atoms with Crippen molar-refractivity contribution in [3.8, 4) is 0 Å². The molecule has 2 rings (SSSR count). The summed E-state index contributed by atoms with van der Waals surface area (Å²) in [6.45, 7) is 11.8. The summed E-state index contributed by atoms with van der Waals surface area (Å²) in [4.78, 5) is 4.86. The highest BCUT2D eigenvalue weighted by atomic mass is 14.9. The highest BCUT2D eigenvalue weighted by Crippen LogP contribution is 2.27. The molecule has 0 aliphatic carbocycles. The first-order valence-corrected chi connectivity index (χ1v) is 7.16. The van der Waals surface area contributed by atoms with Gasteiger partial charge in [-0.25, -0.2) is 0 Å². The summed E-state index contributed by atoms with van der Waals surface area (Å²) in [6, 6.07) is 6.65. The van der Waals surface area contributed by atoms with E-state index in [1.54, 1.807) is 0 Å². The highest BCUT2D eigenvalue weighted by Gasteiger charge is 2.09. The number of rotatable bonds is 4. The van der Waals surface area contributed by atoms with Crippen molar-refractivity contribution >= 4 is 16.6 Å². The van der Waals surface area contributed by atoms with Crippen LogP contribution in [-0.2, 0) is 6.42 Å². The predicted molar refractivity (Wildman–Crippen MR) is 83.9 cm³/mol. The van der Waals surface area contributed by atoms with Crippen molar-refractivity contribution in [2.75, 3.05) is 11.9 Å². The molecular weight excluding hydrogens is 232 g/mol. The lowest BCUT2D eigenvalue weighted by atomic mass is 10.0. The number of aromatic nitrogens is 1. The topological polar surface area (TPSA) is 24.9 Å². The second-order valence-electron chi connectivity index (χ2n) is 5.77. The maximum Gasteiger partial charge on any atom is 0.0755 e. The van der Waals surface area contributed by atoms with E-state index in [0.29, 0.717) is 5.92 Å². The van der Waals surface area contributed by atoms with E-state index in [4.69, 9.17) is 4.98 Å². The summed E-state index contributed by atoms with van der Waals surface area (Å²) in [5.41, 5.74) is 6.10. The van der Waals surface area contributed by atoms with Crippen LogP contribution in [-0.4, -0.2) is 11.5 Å². The molecule has 1 heterocycles. The fraction of sp³-hybridized carbons (Fsp3) is 0.471. The van der Waals surface area contributed by atoms with E-state index in [-0.39, 0.29) is 0 Å². The van der Waals surface area contributed by atoms with Gasteiger partial charge in [0.25, 0.3) is 0 Å². The fourth-order valence-electron chi connectivity index (χ4n) is 2.59. The lowest BCUT2D eigenvalue weighted by Gasteiger charge is -2.14. The zero-order valence-corrected chi connectivity index (χ0v) is 12.7. The lowest BCUT2D eigenvalue weighted by Crippen LogP contribution is -2.04. The number of benzene rings is 1. The van der Waals surface area contributed by atoms with Gasteiger partial charge in [0.1, 0.15) is 0 Å². The molecule has 0 aliphatic rings. The molecule has 0 unspecified atom stereocenters. The van der Waals surface area contributed by atoms with Gasteiger partial charge in [-0.05, 0) is 50.8 Å². The standard InChI is InChI=1S/C17H24N2/c1-6-18-16-10-14(7-11(2)3)19-17-13(5)8-12(4)9-15(16)17/h8-11H,6-7H2,1-5H3,(H,18,19). The number of fused-ring (bicyclic) bond motifs is 1. The minimum Gasteiger partial charge on any atom is -0.385 e. The van der Waals surface area contributed by atoms with Crippen molar-refractivity contribution < 1.29 is 0 Å². The van der Waals surface area contributed by atoms with Gasteiger partial charge in [-0.3, -0.25) is 4.98 Å². The molecule has 2 aromatic rings. The molecule has 1 aromatic carbocycles. The van der Waals surface area contributed by atoms with Gasteiger partial charge in [0, 0.05) is 23.3 Å². The Morgan fingerprint density at radius 3 is 2.53 bits per heavy atom. The van der Waals surface area contributed by atoms with Crippen LogP contribution in [0.1, 0.15) is 37.6 Å². The van der Waals surface area contributed by atoms with Gasteiger partial charge in [-0.15, -0.1) is 0 Å². The Hall–Kier alpha value is -1.57. The van der Waals surface area contributed by atoms with E-state index < -0.39 is 0 Å². The highest BCUT2D eigenvalue weighted by molar-refractivity contribution is 5.94. The Balaban J connectivity index is 2.64. The average Bonchev–Trinajstić information content (AvgIpc) is 2.30. The Morgan fingerprint density at radius 1 is 1.16 bits per heavy atom. The average molecular weight is 256 g/mol. The molecular formula is C17H24N2. The maximum absolute atomic E-state index is 4.86. The molecule has 0 fully saturated rings. The zero-order chi connectivity index (χ0) is 14.0. The van der Waals surface area contributed by atoms with Gasteiger partial charge in [-0.2, -0.15) is 0 Å². The summed E-state index contributed by atoms with van der Waals surface area (Å²) >= 11 is 0. The second kappa shape index (κ2) is 5.60. The number of hydrogen-bond donors (Lipinski definition) is 1. The minimum absolute atomic E-state index is 0.630. The van der Waals surface area contributed by atoms with Gasteiger partial charge in [0.15, 0.2) is 0 Å². The molecule has 19 heavy (non-hydrogen) atoms. The molecule has 102 valence electrons. The van der Waals surface area contributed by atoms with Gasteiger partial charge >= 0.3 is 0 Å². The molecule has 0 bridgehead atoms. The molecule has 0 aliphatic heterocycles. The van der Waals surface area contributed by atoms with E-state index in [2.05, 4.69) is 58.1 Å². The number of pyridine rings is 1. The third-order valence-corrected chi connectivity index (χ3v) is 3.29. The first-order chi connectivity index (χ1) is 9.01. The lowest BCUT2D eigenvalue weighted by molar-refractivity contribution is 0.637. The number of aryl methyl sites for hydroxylation is 2. The Labute approximate surface area is 116 Å². The van der Waals surface area contributed by atoms with Crippen LogP contribution in [0.15, 0.2) is 18.2 Å². The van der Waals surface area contributed by atoms with Crippen LogP contribution < -0.4 is 5.32 Å². The van der Waals surface area contributed by atoms with E-state index in [0.717, 1.165) is 18.5 Å². The molecule has 2 nitrogen and oxygen atoms in total. The number of nitrogens with zero attached hydrogens (tertiary/aromatic N) is 1. The molecule has 0 saturated carbocycles. The SMILES string of the molecule is CCNc1cc(CC(C)C)nc2c(C)cc(C)cc12. The third-order valence-electron chi connectivity index (χ3n) is 3.29. The smallest absolute Gasteiger partial charge is 0.0755 e. The van der Waals surface area contributed by atoms with E-state index in [9.17, 15) is 0 Å². The van der Waals surface area contributed by atoms with Crippen LogP contribution in [0.4, 0.5) is 5.69 Å². The Morgan fingerprint density at radius 2 is 1.89 bits per heavy atom. The van der Waals surface area contributed by atoms with Crippen LogP contribution in [0.3, 0.4) is 0 Å². The molecule has 1 N–H and O–H groups in total. The van der Waals surface area contributed by atoms with Crippen LogP contribution in [0, 0.1) is 19.8 Å². The van der Waals surface area contributed by atoms with Gasteiger partial charge in [0.05, 0.1) is 5.52 Å². The molecule has 0 saturated heterocycles. The predicted octanol–water partition coefficient (Wildman–Crippen LogP) is 4.48. The van der Waals surface area contributed by atoms with E-state index in [1.165, 1.54) is 27.9 Å². The van der Waals surface area contributed by atoms with Gasteiger partial charge < -0.3 is 5.32 Å². The van der Waals surface area contributed by atoms with Crippen molar-refractivity contribution in [1.29, 1.82) is 0 Å². The largest absolute Gasteiger partial charge is 0.385 e. The molecule has 0 radical (unpaired) electrons. The Kier molecular flexibility index (Phi) is 4.08. The quantitative estimate of drug-likeness (QED) is 0.872. The van der Waals surface area contributed by atoms with Crippen LogP contribution in [0.2, 0.25) is 0 Å². The molecule has 2 heteroatoms. The number of nitrogens with one attached hydrogen (secondary N) is 1. The monoisotopic (exact) mass is 256 g/mol. The summed E-state index contributed by atoms with van der Waals surface area (Å²) in [7, 11) is 0. The molecule has 0 atom stereocenters. The van der Waals surface area contributed by atoms with Crippen LogP contribution in [0.25, 0.3) is 10.9 Å². The van der Waals surface area contributed by atoms with Gasteiger partial charge in [-0.1, -0.05) is 25.5 Å². The zero-order valence-electron chi connectivity index (χ0n) is 12.7. The molecule has 0 amide bonds. The molecule has 0 spiro atoms. The summed E-state index contributed by atoms with van der Waals surface area (Å²) in [5.74, 6) is 0.630. The van der Waals surface area contributed by atoms with Crippen molar-refractivity contribution in [2.24, 2.45) is 5.92 Å². The van der Waals surface area contributed by atoms with E-state index in [1.807, 2.05) is 0 Å². The second-order valence-corrected chi connectivity index (χ2v) is 5.77. The van der Waals surface area contributed by atoms with Crippen molar-refractivity contribution in [2.45, 2.75) is 41.0 Å². The molecule has 1 aromatic heterocycles. The maximum atomic E-state index is 4.86. The van der Waals surface area contributed by atoms with E-state index >= 15 is 0 Å². The van der Waals surface area contributed by atoms with Crippen LogP contribution in [0.5, 0.6) is 0 Å². The first kappa shape index (κ1) is 13.9. The van der Waals surface area contributed by atoms with Crippen LogP contribution >= 0.6 is 0 Å². The number of hydrogen-bond acceptors (Lipinski definition) is 2. The minimum atomic E-state index is 0.630. The number of anilines is 1. The van der Waals surface area contributed by atoms with Gasteiger partial charge in [0.2, 0.25) is 0 Å². The Bertz CT molecular complexity index is 585. The summed E-state index contributed by atoms with van der Waals surface area (Å²) in [6.07, 6.45) is 1.03. The normalized spacial score (nSPS) is 11.3. The summed E-state index contributed by atoms with van der Waals surface area (Å²) < 4.78 is 0. The van der Waals surface area contributed by atoms with Crippen molar-refractivity contribution in [3.63, 3.8) is 0 Å².